The zero-order valence-electron chi connectivity index (χ0n) is 9.59. The predicted molar refractivity (Wildman–Crippen MR) is 58.4 cm³/mol. The fourth-order valence-electron chi connectivity index (χ4n) is 2.13. The Kier molecular flexibility index (Phi) is 4.90. The first-order valence-corrected chi connectivity index (χ1v) is 6.04. The quantitative estimate of drug-likeness (QED) is 0.714. The molecule has 84 valence electrons. The summed E-state index contributed by atoms with van der Waals surface area (Å²) in [4.78, 5) is 0. The van der Waals surface area contributed by atoms with Crippen molar-refractivity contribution in [2.75, 3.05) is 6.61 Å². The number of ether oxygens (including phenoxy) is 1. The van der Waals surface area contributed by atoms with E-state index in [1.54, 1.807) is 0 Å². The zero-order valence-corrected chi connectivity index (χ0v) is 9.59. The van der Waals surface area contributed by atoms with Crippen molar-refractivity contribution in [3.63, 3.8) is 0 Å². The van der Waals surface area contributed by atoms with Gasteiger partial charge in [0.2, 0.25) is 0 Å². The molecule has 0 spiro atoms. The SMILES string of the molecule is CCC(O)(CC)CCCC1CCCO1. The molecule has 1 heterocycles. The first-order chi connectivity index (χ1) is 6.70. The van der Waals surface area contributed by atoms with Crippen LogP contribution >= 0.6 is 0 Å². The molecule has 1 rings (SSSR count). The monoisotopic (exact) mass is 200 g/mol. The fraction of sp³-hybridized carbons (Fsp3) is 1.00. The summed E-state index contributed by atoms with van der Waals surface area (Å²) in [5.74, 6) is 0. The summed E-state index contributed by atoms with van der Waals surface area (Å²) >= 11 is 0. The Morgan fingerprint density at radius 2 is 2.07 bits per heavy atom. The molecule has 2 nitrogen and oxygen atoms in total. The van der Waals surface area contributed by atoms with Gasteiger partial charge < -0.3 is 9.84 Å². The molecule has 0 aromatic heterocycles. The molecule has 1 N–H and O–H groups in total. The summed E-state index contributed by atoms with van der Waals surface area (Å²) < 4.78 is 5.55. The van der Waals surface area contributed by atoms with Crippen LogP contribution in [0.3, 0.4) is 0 Å². The van der Waals surface area contributed by atoms with E-state index < -0.39 is 5.60 Å². The number of hydrogen-bond donors (Lipinski definition) is 1. The van der Waals surface area contributed by atoms with Crippen LogP contribution in [0.15, 0.2) is 0 Å². The Morgan fingerprint density at radius 3 is 2.57 bits per heavy atom. The molecule has 1 atom stereocenters. The Hall–Kier alpha value is -0.0800. The van der Waals surface area contributed by atoms with Crippen molar-refractivity contribution in [1.82, 2.24) is 0 Å². The van der Waals surface area contributed by atoms with Crippen LogP contribution in [0, 0.1) is 0 Å². The highest BCUT2D eigenvalue weighted by Gasteiger charge is 2.23. The lowest BCUT2D eigenvalue weighted by molar-refractivity contribution is 0.0161. The van der Waals surface area contributed by atoms with Crippen molar-refractivity contribution in [2.24, 2.45) is 0 Å². The maximum Gasteiger partial charge on any atom is 0.0642 e. The minimum atomic E-state index is -0.418. The summed E-state index contributed by atoms with van der Waals surface area (Å²) in [6, 6.07) is 0. The Labute approximate surface area is 87.7 Å². The van der Waals surface area contributed by atoms with E-state index in [1.165, 1.54) is 12.8 Å². The highest BCUT2D eigenvalue weighted by molar-refractivity contribution is 4.76. The molecule has 0 bridgehead atoms. The van der Waals surface area contributed by atoms with Gasteiger partial charge in [-0.25, -0.2) is 0 Å². The average molecular weight is 200 g/mol. The average Bonchev–Trinajstić information content (AvgIpc) is 2.70. The van der Waals surface area contributed by atoms with E-state index in [0.717, 1.165) is 38.7 Å². The zero-order chi connectivity index (χ0) is 10.4. The molecule has 0 amide bonds. The van der Waals surface area contributed by atoms with Gasteiger partial charge in [-0.3, -0.25) is 0 Å². The van der Waals surface area contributed by atoms with Gasteiger partial charge in [-0.2, -0.15) is 0 Å². The second kappa shape index (κ2) is 5.72. The molecule has 1 saturated heterocycles. The van der Waals surface area contributed by atoms with E-state index >= 15 is 0 Å². The van der Waals surface area contributed by atoms with Gasteiger partial charge in [0, 0.05) is 6.61 Å². The van der Waals surface area contributed by atoms with Gasteiger partial charge in [0.15, 0.2) is 0 Å². The number of aliphatic hydroxyl groups is 1. The number of rotatable bonds is 6. The summed E-state index contributed by atoms with van der Waals surface area (Å²) in [6.07, 6.45) is 7.82. The summed E-state index contributed by atoms with van der Waals surface area (Å²) in [5, 5.41) is 10.1. The topological polar surface area (TPSA) is 29.5 Å². The molecule has 1 unspecified atom stereocenters. The van der Waals surface area contributed by atoms with Gasteiger partial charge in [0.05, 0.1) is 11.7 Å². The molecule has 1 fully saturated rings. The fourth-order valence-corrected chi connectivity index (χ4v) is 2.13. The first-order valence-electron chi connectivity index (χ1n) is 6.04. The summed E-state index contributed by atoms with van der Waals surface area (Å²) in [7, 11) is 0. The van der Waals surface area contributed by atoms with Gasteiger partial charge in [0.25, 0.3) is 0 Å². The van der Waals surface area contributed by atoms with Crippen molar-refractivity contribution in [3.05, 3.63) is 0 Å². The second-order valence-electron chi connectivity index (χ2n) is 4.46. The first kappa shape index (κ1) is 12.0. The van der Waals surface area contributed by atoms with Gasteiger partial charge in [-0.1, -0.05) is 13.8 Å². The van der Waals surface area contributed by atoms with E-state index in [2.05, 4.69) is 13.8 Å². The Morgan fingerprint density at radius 1 is 1.36 bits per heavy atom. The lowest BCUT2D eigenvalue weighted by Crippen LogP contribution is -2.26. The largest absolute Gasteiger partial charge is 0.390 e. The van der Waals surface area contributed by atoms with Crippen LogP contribution in [-0.4, -0.2) is 23.4 Å². The van der Waals surface area contributed by atoms with Gasteiger partial charge in [0.1, 0.15) is 0 Å². The van der Waals surface area contributed by atoms with Gasteiger partial charge in [-0.05, 0) is 44.9 Å². The molecule has 0 radical (unpaired) electrons. The van der Waals surface area contributed by atoms with Crippen molar-refractivity contribution < 1.29 is 9.84 Å². The van der Waals surface area contributed by atoms with Crippen LogP contribution in [0.5, 0.6) is 0 Å². The van der Waals surface area contributed by atoms with E-state index in [0.29, 0.717) is 6.10 Å². The maximum absolute atomic E-state index is 10.1. The van der Waals surface area contributed by atoms with Crippen molar-refractivity contribution >= 4 is 0 Å². The van der Waals surface area contributed by atoms with Crippen LogP contribution < -0.4 is 0 Å². The summed E-state index contributed by atoms with van der Waals surface area (Å²) in [5.41, 5.74) is -0.418. The standard InChI is InChI=1S/C12H24O2/c1-3-12(13,4-2)9-5-7-11-8-6-10-14-11/h11,13H,3-10H2,1-2H3. The normalized spacial score (nSPS) is 22.9. The van der Waals surface area contributed by atoms with Gasteiger partial charge in [-0.15, -0.1) is 0 Å². The molecular formula is C12H24O2. The van der Waals surface area contributed by atoms with Crippen LogP contribution in [-0.2, 0) is 4.74 Å². The molecule has 14 heavy (non-hydrogen) atoms. The molecule has 1 aliphatic heterocycles. The van der Waals surface area contributed by atoms with Crippen molar-refractivity contribution in [2.45, 2.75) is 70.5 Å². The lowest BCUT2D eigenvalue weighted by atomic mass is 9.90. The minimum Gasteiger partial charge on any atom is -0.390 e. The Balaban J connectivity index is 2.12. The van der Waals surface area contributed by atoms with E-state index in [4.69, 9.17) is 4.74 Å². The van der Waals surface area contributed by atoms with E-state index in [-0.39, 0.29) is 0 Å². The third-order valence-corrected chi connectivity index (χ3v) is 3.51. The highest BCUT2D eigenvalue weighted by Crippen LogP contribution is 2.24. The smallest absolute Gasteiger partial charge is 0.0642 e. The molecule has 0 aromatic rings. The van der Waals surface area contributed by atoms with E-state index in [9.17, 15) is 5.11 Å². The summed E-state index contributed by atoms with van der Waals surface area (Å²) in [6.45, 7) is 5.07. The predicted octanol–water partition coefficient (Wildman–Crippen LogP) is 2.89. The van der Waals surface area contributed by atoms with Crippen molar-refractivity contribution in [1.29, 1.82) is 0 Å². The lowest BCUT2D eigenvalue weighted by Gasteiger charge is -2.25. The van der Waals surface area contributed by atoms with E-state index in [1.807, 2.05) is 0 Å². The molecule has 1 aliphatic rings. The third kappa shape index (κ3) is 3.58. The van der Waals surface area contributed by atoms with Gasteiger partial charge >= 0.3 is 0 Å². The van der Waals surface area contributed by atoms with Crippen LogP contribution in [0.2, 0.25) is 0 Å². The second-order valence-corrected chi connectivity index (χ2v) is 4.46. The van der Waals surface area contributed by atoms with Crippen LogP contribution in [0.4, 0.5) is 0 Å². The Bertz CT molecular complexity index is 146. The van der Waals surface area contributed by atoms with Crippen LogP contribution in [0.25, 0.3) is 0 Å². The molecule has 0 aromatic carbocycles. The molecule has 2 heteroatoms. The van der Waals surface area contributed by atoms with Crippen molar-refractivity contribution in [3.8, 4) is 0 Å². The highest BCUT2D eigenvalue weighted by atomic mass is 16.5. The minimum absolute atomic E-state index is 0.418. The molecule has 0 saturated carbocycles. The third-order valence-electron chi connectivity index (χ3n) is 3.51. The number of hydrogen-bond acceptors (Lipinski definition) is 2. The maximum atomic E-state index is 10.1. The molecular weight excluding hydrogens is 176 g/mol. The molecule has 0 aliphatic carbocycles. The van der Waals surface area contributed by atoms with Crippen LogP contribution in [0.1, 0.15) is 58.8 Å².